The van der Waals surface area contributed by atoms with E-state index in [0.29, 0.717) is 17.7 Å². The summed E-state index contributed by atoms with van der Waals surface area (Å²) in [5, 5.41) is 9.51. The summed E-state index contributed by atoms with van der Waals surface area (Å²) in [5.74, 6) is 1.97. The number of amides is 3. The van der Waals surface area contributed by atoms with Crippen LogP contribution in [0.2, 0.25) is 0 Å². The lowest BCUT2D eigenvalue weighted by molar-refractivity contribution is -0.121. The Kier molecular flexibility index (Phi) is 8.22. The van der Waals surface area contributed by atoms with Crippen molar-refractivity contribution < 1.29 is 9.59 Å². The van der Waals surface area contributed by atoms with Crippen LogP contribution in [0.5, 0.6) is 0 Å². The lowest BCUT2D eigenvalue weighted by Crippen LogP contribution is -2.36. The fraction of sp³-hybridized carbons (Fsp3) is 0.889. The quantitative estimate of drug-likeness (QED) is 0.394. The van der Waals surface area contributed by atoms with Gasteiger partial charge in [-0.1, -0.05) is 39.5 Å². The molecule has 0 aromatic carbocycles. The number of thioether (sulfide) groups is 1. The first-order chi connectivity index (χ1) is 11.6. The number of carbonyl (C=O) groups is 2. The molecule has 3 amide bonds. The molecule has 24 heavy (non-hydrogen) atoms. The van der Waals surface area contributed by atoms with Gasteiger partial charge in [0.05, 0.1) is 12.1 Å². The molecule has 0 saturated carbocycles. The van der Waals surface area contributed by atoms with Crippen LogP contribution >= 0.6 is 11.8 Å². The van der Waals surface area contributed by atoms with Gasteiger partial charge in [-0.2, -0.15) is 11.8 Å². The van der Waals surface area contributed by atoms with Gasteiger partial charge in [-0.05, 0) is 25.2 Å². The Morgan fingerprint density at radius 3 is 2.83 bits per heavy atom. The van der Waals surface area contributed by atoms with Gasteiger partial charge in [0.1, 0.15) is 0 Å². The third kappa shape index (κ3) is 6.54. The maximum absolute atomic E-state index is 11.8. The molecule has 0 aromatic rings. The van der Waals surface area contributed by atoms with Gasteiger partial charge < -0.3 is 16.0 Å². The molecule has 6 heteroatoms. The van der Waals surface area contributed by atoms with E-state index < -0.39 is 0 Å². The number of carbonyl (C=O) groups excluding carboxylic acids is 2. The lowest BCUT2D eigenvalue weighted by Gasteiger charge is -2.16. The number of hydrogen-bond acceptors (Lipinski definition) is 3. The highest BCUT2D eigenvalue weighted by molar-refractivity contribution is 8.00. The molecule has 1 unspecified atom stereocenters. The van der Waals surface area contributed by atoms with E-state index in [1.165, 1.54) is 19.3 Å². The Bertz CT molecular complexity index is 417. The lowest BCUT2D eigenvalue weighted by atomic mass is 10.0. The second kappa shape index (κ2) is 10.2. The third-order valence-electron chi connectivity index (χ3n) is 4.86. The van der Waals surface area contributed by atoms with Crippen LogP contribution in [0.15, 0.2) is 0 Å². The highest BCUT2D eigenvalue weighted by Gasteiger charge is 2.42. The van der Waals surface area contributed by atoms with Crippen molar-refractivity contribution in [3.05, 3.63) is 0 Å². The Labute approximate surface area is 150 Å². The van der Waals surface area contributed by atoms with E-state index >= 15 is 0 Å². The number of fused-ring (bicyclic) bond motifs is 1. The molecule has 2 heterocycles. The zero-order chi connectivity index (χ0) is 17.4. The predicted molar refractivity (Wildman–Crippen MR) is 100 cm³/mol. The highest BCUT2D eigenvalue weighted by atomic mass is 32.2. The first kappa shape index (κ1) is 19.4. The third-order valence-corrected chi connectivity index (χ3v) is 6.37. The molecule has 0 radical (unpaired) electrons. The summed E-state index contributed by atoms with van der Waals surface area (Å²) < 4.78 is 0. The molecule has 3 atom stereocenters. The summed E-state index contributed by atoms with van der Waals surface area (Å²) in [5.41, 5.74) is 0. The second-order valence-electron chi connectivity index (χ2n) is 7.46. The van der Waals surface area contributed by atoms with Gasteiger partial charge in [-0.3, -0.25) is 4.79 Å². The topological polar surface area (TPSA) is 70.2 Å². The first-order valence-corrected chi connectivity index (χ1v) is 10.6. The molecule has 138 valence electrons. The number of rotatable bonds is 11. The minimum atomic E-state index is -0.0249. The van der Waals surface area contributed by atoms with Crippen LogP contribution in [0.4, 0.5) is 4.79 Å². The normalized spacial score (nSPS) is 25.5. The smallest absolute Gasteiger partial charge is 0.315 e. The van der Waals surface area contributed by atoms with Crippen LogP contribution in [0, 0.1) is 5.92 Å². The van der Waals surface area contributed by atoms with Gasteiger partial charge in [0, 0.05) is 24.0 Å². The largest absolute Gasteiger partial charge is 0.356 e. The molecule has 2 aliphatic heterocycles. The van der Waals surface area contributed by atoms with Gasteiger partial charge in [-0.25, -0.2) is 4.79 Å². The maximum Gasteiger partial charge on any atom is 0.315 e. The number of hydrogen-bond donors (Lipinski definition) is 3. The van der Waals surface area contributed by atoms with Crippen LogP contribution in [0.25, 0.3) is 0 Å². The van der Waals surface area contributed by atoms with Crippen LogP contribution in [-0.4, -0.2) is 41.6 Å². The molecule has 2 aliphatic rings. The van der Waals surface area contributed by atoms with Crippen molar-refractivity contribution in [2.45, 2.75) is 82.5 Å². The van der Waals surface area contributed by atoms with Crippen molar-refractivity contribution >= 4 is 23.7 Å². The van der Waals surface area contributed by atoms with Gasteiger partial charge in [0.2, 0.25) is 5.91 Å². The molecule has 0 aliphatic carbocycles. The zero-order valence-electron chi connectivity index (χ0n) is 15.1. The van der Waals surface area contributed by atoms with E-state index in [0.717, 1.165) is 43.9 Å². The summed E-state index contributed by atoms with van der Waals surface area (Å²) >= 11 is 1.94. The number of unbranched alkanes of at least 4 members (excludes halogenated alkanes) is 3. The van der Waals surface area contributed by atoms with Crippen molar-refractivity contribution in [2.75, 3.05) is 12.3 Å². The van der Waals surface area contributed by atoms with Crippen molar-refractivity contribution in [2.24, 2.45) is 5.92 Å². The average Bonchev–Trinajstić information content (AvgIpc) is 3.06. The standard InChI is InChI=1S/C18H33N3O2S/c1-13(2)8-4-3-7-11-19-16(22)10-6-5-9-15-17-14(12-24-15)20-18(23)21-17/h13-15,17H,3-12H2,1-2H3,(H,19,22)(H2,20,21,23)/t14?,15-,17-/m1/s1. The summed E-state index contributed by atoms with van der Waals surface area (Å²) in [4.78, 5) is 23.2. The molecular weight excluding hydrogens is 322 g/mol. The van der Waals surface area contributed by atoms with Gasteiger partial charge in [0.15, 0.2) is 0 Å². The molecule has 0 aromatic heterocycles. The van der Waals surface area contributed by atoms with Crippen LogP contribution in [-0.2, 0) is 4.79 Å². The minimum Gasteiger partial charge on any atom is -0.356 e. The number of urea groups is 1. The Morgan fingerprint density at radius 2 is 2.04 bits per heavy atom. The molecule has 2 fully saturated rings. The molecule has 0 spiro atoms. The first-order valence-electron chi connectivity index (χ1n) is 9.51. The van der Waals surface area contributed by atoms with Crippen molar-refractivity contribution in [3.63, 3.8) is 0 Å². The Balaban J connectivity index is 1.44. The van der Waals surface area contributed by atoms with Crippen LogP contribution in [0.1, 0.15) is 65.2 Å². The fourth-order valence-corrected chi connectivity index (χ4v) is 4.99. The average molecular weight is 356 g/mol. The maximum atomic E-state index is 11.8. The summed E-state index contributed by atoms with van der Waals surface area (Å²) in [6.45, 7) is 5.32. The van der Waals surface area contributed by atoms with Crippen molar-refractivity contribution in [3.8, 4) is 0 Å². The van der Waals surface area contributed by atoms with E-state index in [2.05, 4.69) is 29.8 Å². The zero-order valence-corrected chi connectivity index (χ0v) is 15.9. The molecule has 2 rings (SSSR count). The van der Waals surface area contributed by atoms with Crippen molar-refractivity contribution in [1.82, 2.24) is 16.0 Å². The molecule has 2 saturated heterocycles. The molecule has 5 nitrogen and oxygen atoms in total. The van der Waals surface area contributed by atoms with E-state index in [1.807, 2.05) is 11.8 Å². The molecule has 3 N–H and O–H groups in total. The Morgan fingerprint density at radius 1 is 1.21 bits per heavy atom. The summed E-state index contributed by atoms with van der Waals surface area (Å²) in [6.07, 6.45) is 8.55. The molecule has 0 bridgehead atoms. The highest BCUT2D eigenvalue weighted by Crippen LogP contribution is 2.33. The van der Waals surface area contributed by atoms with Gasteiger partial charge in [0.25, 0.3) is 0 Å². The summed E-state index contributed by atoms with van der Waals surface area (Å²) in [7, 11) is 0. The minimum absolute atomic E-state index is 0.0249. The monoisotopic (exact) mass is 355 g/mol. The van der Waals surface area contributed by atoms with E-state index in [4.69, 9.17) is 0 Å². The van der Waals surface area contributed by atoms with Crippen LogP contribution in [0.3, 0.4) is 0 Å². The SMILES string of the molecule is CC(C)CCCCCNC(=O)CCCC[C@H]1SCC2NC(=O)N[C@H]21. The van der Waals surface area contributed by atoms with Crippen molar-refractivity contribution in [1.29, 1.82) is 0 Å². The number of nitrogens with one attached hydrogen (secondary N) is 3. The Hall–Kier alpha value is -0.910. The van der Waals surface area contributed by atoms with E-state index in [9.17, 15) is 9.59 Å². The van der Waals surface area contributed by atoms with Gasteiger partial charge in [-0.15, -0.1) is 0 Å². The fourth-order valence-electron chi connectivity index (χ4n) is 3.44. The predicted octanol–water partition coefficient (Wildman–Crippen LogP) is 3.04. The van der Waals surface area contributed by atoms with E-state index in [-0.39, 0.29) is 18.0 Å². The molecular formula is C18H33N3O2S. The summed E-state index contributed by atoms with van der Waals surface area (Å²) in [6, 6.07) is 0.553. The van der Waals surface area contributed by atoms with E-state index in [1.54, 1.807) is 0 Å². The second-order valence-corrected chi connectivity index (χ2v) is 8.73. The van der Waals surface area contributed by atoms with Gasteiger partial charge >= 0.3 is 6.03 Å². The van der Waals surface area contributed by atoms with Crippen LogP contribution < -0.4 is 16.0 Å².